The van der Waals surface area contributed by atoms with E-state index < -0.39 is 5.91 Å². The average molecular weight is 353 g/mol. The first kappa shape index (κ1) is 16.7. The maximum Gasteiger partial charge on any atom is 0.275 e. The predicted octanol–water partition coefficient (Wildman–Crippen LogP) is 1.66. The number of aromatic nitrogens is 2. The molecule has 1 saturated heterocycles. The minimum atomic E-state index is -0.462. The van der Waals surface area contributed by atoms with Gasteiger partial charge in [0.05, 0.1) is 17.9 Å². The molecule has 1 fully saturated rings. The molecule has 0 radical (unpaired) electrons. The largest absolute Gasteiger partial charge is 0.372 e. The van der Waals surface area contributed by atoms with Gasteiger partial charge in [0, 0.05) is 20.1 Å². The molecule has 1 N–H and O–H groups in total. The van der Waals surface area contributed by atoms with E-state index in [1.54, 1.807) is 0 Å². The second kappa shape index (κ2) is 6.37. The quantitative estimate of drug-likeness (QED) is 0.839. The lowest BCUT2D eigenvalue weighted by molar-refractivity contribution is -0.00526. The molecule has 2 aromatic heterocycles. The summed E-state index contributed by atoms with van der Waals surface area (Å²) >= 11 is 6.47. The highest BCUT2D eigenvalue weighted by Crippen LogP contribution is 2.37. The molecule has 0 spiro atoms. The van der Waals surface area contributed by atoms with Crippen molar-refractivity contribution in [2.75, 3.05) is 25.0 Å². The molecular weight excluding hydrogens is 336 g/mol. The van der Waals surface area contributed by atoms with E-state index in [1.807, 2.05) is 18.7 Å². The monoisotopic (exact) mass is 352 g/mol. The number of rotatable bonds is 3. The van der Waals surface area contributed by atoms with Crippen LogP contribution in [-0.4, -0.2) is 54.7 Å². The summed E-state index contributed by atoms with van der Waals surface area (Å²) in [5, 5.41) is 6.39. The zero-order valence-corrected chi connectivity index (χ0v) is 14.3. The van der Waals surface area contributed by atoms with Crippen LogP contribution in [0.1, 0.15) is 34.8 Å². The van der Waals surface area contributed by atoms with Gasteiger partial charge in [-0.15, -0.1) is 0 Å². The molecule has 0 aliphatic carbocycles. The molecular formula is C15H17ClN4O4. The molecule has 1 aliphatic heterocycles. The first-order valence-corrected chi connectivity index (χ1v) is 7.90. The van der Waals surface area contributed by atoms with Crippen molar-refractivity contribution in [3.8, 4) is 0 Å². The summed E-state index contributed by atoms with van der Waals surface area (Å²) in [6.07, 6.45) is 0.582. The zero-order valence-electron chi connectivity index (χ0n) is 13.5. The molecule has 2 atom stereocenters. The van der Waals surface area contributed by atoms with Crippen LogP contribution in [0.25, 0.3) is 11.1 Å². The van der Waals surface area contributed by atoms with Gasteiger partial charge in [0.25, 0.3) is 5.91 Å². The molecule has 0 bridgehead atoms. The highest BCUT2D eigenvalue weighted by atomic mass is 35.5. The Morgan fingerprint density at radius 1 is 1.38 bits per heavy atom. The number of carbonyl (C=O) groups excluding carboxylic acids is 2. The number of pyridine rings is 1. The van der Waals surface area contributed by atoms with Crippen molar-refractivity contribution in [3.63, 3.8) is 0 Å². The summed E-state index contributed by atoms with van der Waals surface area (Å²) in [4.78, 5) is 29.6. The Kier molecular flexibility index (Phi) is 4.42. The summed E-state index contributed by atoms with van der Waals surface area (Å²) in [7, 11) is 1.47. The third-order valence-corrected chi connectivity index (χ3v) is 4.19. The van der Waals surface area contributed by atoms with Crippen LogP contribution in [0.3, 0.4) is 0 Å². The van der Waals surface area contributed by atoms with Gasteiger partial charge in [-0.1, -0.05) is 16.8 Å². The molecule has 0 unspecified atom stereocenters. The fourth-order valence-electron chi connectivity index (χ4n) is 2.94. The number of hydrogen-bond donors (Lipinski definition) is 1. The Labute approximate surface area is 143 Å². The average Bonchev–Trinajstić information content (AvgIpc) is 2.97. The fraction of sp³-hybridized carbons (Fsp3) is 0.467. The van der Waals surface area contributed by atoms with Crippen molar-refractivity contribution in [3.05, 3.63) is 16.4 Å². The van der Waals surface area contributed by atoms with E-state index >= 15 is 0 Å². The van der Waals surface area contributed by atoms with E-state index in [9.17, 15) is 9.59 Å². The lowest BCUT2D eigenvalue weighted by Crippen LogP contribution is -2.46. The van der Waals surface area contributed by atoms with Crippen molar-refractivity contribution in [2.24, 2.45) is 0 Å². The van der Waals surface area contributed by atoms with Crippen LogP contribution in [0.5, 0.6) is 0 Å². The molecule has 9 heteroatoms. The van der Waals surface area contributed by atoms with Crippen molar-refractivity contribution < 1.29 is 18.8 Å². The van der Waals surface area contributed by atoms with E-state index in [1.165, 1.54) is 7.05 Å². The van der Waals surface area contributed by atoms with Crippen molar-refractivity contribution >= 4 is 40.6 Å². The van der Waals surface area contributed by atoms with Crippen LogP contribution in [-0.2, 0) is 4.74 Å². The second-order valence-electron chi connectivity index (χ2n) is 5.73. The first-order valence-electron chi connectivity index (χ1n) is 7.52. The lowest BCUT2D eigenvalue weighted by Gasteiger charge is -2.37. The SMILES string of the molecule is CNC(=O)c1noc2c(Cl)c(N3C[C@@H](C)O[C@@H](C)C3)c(C=O)nc12. The fourth-order valence-corrected chi connectivity index (χ4v) is 3.28. The minimum absolute atomic E-state index is 0.00670. The topological polar surface area (TPSA) is 97.6 Å². The normalized spacial score (nSPS) is 21.1. The highest BCUT2D eigenvalue weighted by Gasteiger charge is 2.30. The van der Waals surface area contributed by atoms with Gasteiger partial charge in [-0.05, 0) is 13.8 Å². The Hall–Kier alpha value is -2.19. The number of fused-ring (bicyclic) bond motifs is 1. The number of carbonyl (C=O) groups is 2. The third kappa shape index (κ3) is 2.71. The summed E-state index contributed by atoms with van der Waals surface area (Å²) in [6.45, 7) is 5.02. The molecule has 3 rings (SSSR count). The van der Waals surface area contributed by atoms with Gasteiger partial charge in [0.2, 0.25) is 5.58 Å². The van der Waals surface area contributed by atoms with Crippen LogP contribution in [0.15, 0.2) is 4.52 Å². The Morgan fingerprint density at radius 3 is 2.62 bits per heavy atom. The standard InChI is InChI=1S/C15H17ClN4O4/c1-7-4-20(5-8(2)23-7)13-9(6-21)18-11-12(15(22)17-3)19-24-14(11)10(13)16/h6-8H,4-5H2,1-3H3,(H,17,22)/t7-,8+. The van der Waals surface area contributed by atoms with Gasteiger partial charge in [-0.3, -0.25) is 9.59 Å². The van der Waals surface area contributed by atoms with E-state index in [0.717, 1.165) is 0 Å². The van der Waals surface area contributed by atoms with Gasteiger partial charge < -0.3 is 19.5 Å². The number of amides is 1. The summed E-state index contributed by atoms with van der Waals surface area (Å²) in [5.74, 6) is -0.462. The number of anilines is 1. The molecule has 0 aromatic carbocycles. The second-order valence-corrected chi connectivity index (χ2v) is 6.11. The smallest absolute Gasteiger partial charge is 0.275 e. The van der Waals surface area contributed by atoms with Gasteiger partial charge in [0.1, 0.15) is 16.2 Å². The van der Waals surface area contributed by atoms with E-state index in [-0.39, 0.29) is 39.7 Å². The Balaban J connectivity index is 2.16. The molecule has 24 heavy (non-hydrogen) atoms. The zero-order chi connectivity index (χ0) is 17.4. The van der Waals surface area contributed by atoms with Gasteiger partial charge in [0.15, 0.2) is 12.0 Å². The molecule has 128 valence electrons. The maximum atomic E-state index is 11.8. The van der Waals surface area contributed by atoms with Crippen molar-refractivity contribution in [1.29, 1.82) is 0 Å². The summed E-state index contributed by atoms with van der Waals surface area (Å²) < 4.78 is 10.9. The number of hydrogen-bond acceptors (Lipinski definition) is 7. The Morgan fingerprint density at radius 2 is 2.04 bits per heavy atom. The van der Waals surface area contributed by atoms with Crippen molar-refractivity contribution in [1.82, 2.24) is 15.5 Å². The summed E-state index contributed by atoms with van der Waals surface area (Å²) in [6, 6.07) is 0. The number of ether oxygens (including phenoxy) is 1. The molecule has 1 amide bonds. The number of aldehydes is 1. The maximum absolute atomic E-state index is 11.8. The minimum Gasteiger partial charge on any atom is -0.372 e. The highest BCUT2D eigenvalue weighted by molar-refractivity contribution is 6.38. The number of halogens is 1. The number of nitrogens with one attached hydrogen (secondary N) is 1. The van der Waals surface area contributed by atoms with Crippen LogP contribution in [0.4, 0.5) is 5.69 Å². The van der Waals surface area contributed by atoms with Gasteiger partial charge >= 0.3 is 0 Å². The lowest BCUT2D eigenvalue weighted by atomic mass is 10.1. The van der Waals surface area contributed by atoms with Crippen LogP contribution >= 0.6 is 11.6 Å². The molecule has 1 aliphatic rings. The predicted molar refractivity (Wildman–Crippen MR) is 87.8 cm³/mol. The van der Waals surface area contributed by atoms with Crippen LogP contribution in [0, 0.1) is 0 Å². The van der Waals surface area contributed by atoms with E-state index in [0.29, 0.717) is 25.1 Å². The van der Waals surface area contributed by atoms with E-state index in [4.69, 9.17) is 20.9 Å². The first-order chi connectivity index (χ1) is 11.5. The van der Waals surface area contributed by atoms with E-state index in [2.05, 4.69) is 15.5 Å². The van der Waals surface area contributed by atoms with Crippen LogP contribution < -0.4 is 10.2 Å². The molecule has 3 heterocycles. The van der Waals surface area contributed by atoms with Crippen molar-refractivity contribution in [2.45, 2.75) is 26.1 Å². The molecule has 2 aromatic rings. The number of nitrogens with zero attached hydrogens (tertiary/aromatic N) is 3. The van der Waals surface area contributed by atoms with Crippen LogP contribution in [0.2, 0.25) is 5.02 Å². The van der Waals surface area contributed by atoms with Gasteiger partial charge in [-0.2, -0.15) is 0 Å². The molecule has 8 nitrogen and oxygen atoms in total. The van der Waals surface area contributed by atoms with Gasteiger partial charge in [-0.25, -0.2) is 4.98 Å². The number of morpholine rings is 1. The third-order valence-electron chi connectivity index (χ3n) is 3.84. The Bertz CT molecular complexity index is 796. The molecule has 0 saturated carbocycles. The summed E-state index contributed by atoms with van der Waals surface area (Å²) in [5.41, 5.74) is 0.956.